The molecule has 0 aliphatic rings. The number of hydrogen-bond donors (Lipinski definition) is 3. The molecule has 3 aromatic carbocycles. The molecule has 0 radical (unpaired) electrons. The van der Waals surface area contributed by atoms with Gasteiger partial charge in [-0.15, -0.1) is 11.3 Å². The van der Waals surface area contributed by atoms with Gasteiger partial charge in [-0.2, -0.15) is 0 Å². The van der Waals surface area contributed by atoms with E-state index < -0.39 is 28.1 Å². The van der Waals surface area contributed by atoms with E-state index in [9.17, 15) is 29.6 Å². The van der Waals surface area contributed by atoms with E-state index in [1.54, 1.807) is 36.4 Å². The molecule has 4 rings (SSSR count). The SMILES string of the molecule is Cc1c(Cl)cccc1NC(=O)CSc1nc2ccc(NC(=O)c3cccc([N+](=O)[O-])c3C(=O)O)cc2s1. The molecule has 13 heteroatoms. The first-order valence-corrected chi connectivity index (χ1v) is 12.7. The molecule has 0 bridgehead atoms. The van der Waals surface area contributed by atoms with Gasteiger partial charge in [0.1, 0.15) is 5.56 Å². The van der Waals surface area contributed by atoms with Crippen molar-refractivity contribution in [1.82, 2.24) is 4.98 Å². The van der Waals surface area contributed by atoms with E-state index in [1.165, 1.54) is 35.2 Å². The number of carboxylic acids is 1. The third kappa shape index (κ3) is 5.88. The van der Waals surface area contributed by atoms with Crippen molar-refractivity contribution in [2.75, 3.05) is 16.4 Å². The molecule has 0 unspecified atom stereocenters. The minimum Gasteiger partial charge on any atom is -0.477 e. The summed E-state index contributed by atoms with van der Waals surface area (Å²) in [6, 6.07) is 13.7. The standard InChI is InChI=1S/C24H17ClN4O6S2/c1-12-15(25)5-3-6-16(12)27-20(30)11-36-24-28-17-9-8-13(10-19(17)37-24)26-22(31)14-4-2-7-18(29(34)35)21(14)23(32)33/h2-10H,11H2,1H3,(H,26,31)(H,27,30)(H,32,33). The maximum Gasteiger partial charge on any atom is 0.343 e. The van der Waals surface area contributed by atoms with Crippen molar-refractivity contribution < 1.29 is 24.4 Å². The Morgan fingerprint density at radius 3 is 2.62 bits per heavy atom. The molecule has 2 amide bonds. The highest BCUT2D eigenvalue weighted by Gasteiger charge is 2.27. The van der Waals surface area contributed by atoms with Crippen LogP contribution in [0.25, 0.3) is 10.2 Å². The summed E-state index contributed by atoms with van der Waals surface area (Å²) in [5, 5.41) is 26.6. The summed E-state index contributed by atoms with van der Waals surface area (Å²) in [5.41, 5.74) is 0.731. The summed E-state index contributed by atoms with van der Waals surface area (Å²) >= 11 is 8.67. The second-order valence-corrected chi connectivity index (χ2v) is 10.3. The Labute approximate surface area is 222 Å². The number of carbonyl (C=O) groups is 3. The van der Waals surface area contributed by atoms with Crippen LogP contribution in [0.15, 0.2) is 58.9 Å². The predicted octanol–water partition coefficient (Wildman–Crippen LogP) is 5.85. The molecular weight excluding hydrogens is 540 g/mol. The molecule has 0 atom stereocenters. The largest absolute Gasteiger partial charge is 0.477 e. The van der Waals surface area contributed by atoms with Crippen molar-refractivity contribution in [2.24, 2.45) is 0 Å². The number of halogens is 1. The molecule has 0 aliphatic heterocycles. The Morgan fingerprint density at radius 1 is 1.14 bits per heavy atom. The first-order valence-electron chi connectivity index (χ1n) is 10.5. The normalized spacial score (nSPS) is 10.8. The Morgan fingerprint density at radius 2 is 1.89 bits per heavy atom. The van der Waals surface area contributed by atoms with Crippen LogP contribution < -0.4 is 10.6 Å². The second kappa shape index (κ2) is 10.9. The number of benzene rings is 3. The third-order valence-electron chi connectivity index (χ3n) is 5.19. The minimum atomic E-state index is -1.58. The average Bonchev–Trinajstić information content (AvgIpc) is 3.27. The van der Waals surface area contributed by atoms with Crippen molar-refractivity contribution in [2.45, 2.75) is 11.3 Å². The number of carbonyl (C=O) groups excluding carboxylic acids is 2. The molecule has 10 nitrogen and oxygen atoms in total. The highest BCUT2D eigenvalue weighted by Crippen LogP contribution is 2.32. The van der Waals surface area contributed by atoms with E-state index >= 15 is 0 Å². The molecule has 1 aromatic heterocycles. The Balaban J connectivity index is 1.46. The lowest BCUT2D eigenvalue weighted by Gasteiger charge is -2.08. The minimum absolute atomic E-state index is 0.125. The Hall–Kier alpha value is -4.00. The zero-order valence-electron chi connectivity index (χ0n) is 19.0. The summed E-state index contributed by atoms with van der Waals surface area (Å²) in [6.07, 6.45) is 0. The van der Waals surface area contributed by atoms with Crippen LogP contribution in [0, 0.1) is 17.0 Å². The lowest BCUT2D eigenvalue weighted by molar-refractivity contribution is -0.385. The van der Waals surface area contributed by atoms with Gasteiger partial charge >= 0.3 is 5.97 Å². The van der Waals surface area contributed by atoms with Crippen LogP contribution in [-0.2, 0) is 4.79 Å². The van der Waals surface area contributed by atoms with Gasteiger partial charge in [-0.3, -0.25) is 19.7 Å². The fourth-order valence-electron chi connectivity index (χ4n) is 3.40. The zero-order valence-corrected chi connectivity index (χ0v) is 21.4. The van der Waals surface area contributed by atoms with Gasteiger partial charge in [0.05, 0.1) is 26.5 Å². The number of thioether (sulfide) groups is 1. The van der Waals surface area contributed by atoms with Crippen LogP contribution in [0.4, 0.5) is 17.1 Å². The van der Waals surface area contributed by atoms with Crippen molar-refractivity contribution >= 4 is 79.8 Å². The van der Waals surface area contributed by atoms with E-state index in [0.717, 1.165) is 16.3 Å². The molecular formula is C24H17ClN4O6S2. The van der Waals surface area contributed by atoms with Gasteiger partial charge in [0, 0.05) is 22.5 Å². The van der Waals surface area contributed by atoms with Gasteiger partial charge in [-0.05, 0) is 48.9 Å². The molecule has 0 saturated carbocycles. The summed E-state index contributed by atoms with van der Waals surface area (Å²) in [4.78, 5) is 51.6. The molecule has 188 valence electrons. The number of nitro benzene ring substituents is 1. The maximum atomic E-state index is 12.8. The van der Waals surface area contributed by atoms with E-state index in [-0.39, 0.29) is 17.2 Å². The summed E-state index contributed by atoms with van der Waals surface area (Å²) in [6.45, 7) is 1.82. The molecule has 0 spiro atoms. The van der Waals surface area contributed by atoms with Crippen LogP contribution in [0.2, 0.25) is 5.02 Å². The van der Waals surface area contributed by atoms with Gasteiger partial charge in [0.25, 0.3) is 11.6 Å². The molecule has 3 N–H and O–H groups in total. The quantitative estimate of drug-likeness (QED) is 0.139. The zero-order chi connectivity index (χ0) is 26.7. The summed E-state index contributed by atoms with van der Waals surface area (Å²) in [7, 11) is 0. The van der Waals surface area contributed by atoms with Gasteiger partial charge < -0.3 is 15.7 Å². The van der Waals surface area contributed by atoms with Crippen LogP contribution in [0.3, 0.4) is 0 Å². The molecule has 37 heavy (non-hydrogen) atoms. The molecule has 4 aromatic rings. The van der Waals surface area contributed by atoms with E-state index in [1.807, 2.05) is 6.92 Å². The van der Waals surface area contributed by atoms with Gasteiger partial charge in [0.2, 0.25) is 5.91 Å². The van der Waals surface area contributed by atoms with Crippen molar-refractivity contribution in [1.29, 1.82) is 0 Å². The van der Waals surface area contributed by atoms with E-state index in [0.29, 0.717) is 26.3 Å². The number of nitro groups is 1. The number of carboxylic acid groups (broad SMARTS) is 1. The van der Waals surface area contributed by atoms with Crippen molar-refractivity contribution in [3.63, 3.8) is 0 Å². The number of hydrogen-bond acceptors (Lipinski definition) is 8. The number of nitrogens with zero attached hydrogens (tertiary/aromatic N) is 2. The topological polar surface area (TPSA) is 152 Å². The van der Waals surface area contributed by atoms with E-state index in [2.05, 4.69) is 15.6 Å². The number of amides is 2. The lowest BCUT2D eigenvalue weighted by Crippen LogP contribution is -2.17. The lowest BCUT2D eigenvalue weighted by atomic mass is 10.0. The van der Waals surface area contributed by atoms with Crippen LogP contribution in [-0.4, -0.2) is 38.6 Å². The third-order valence-corrected chi connectivity index (χ3v) is 7.76. The van der Waals surface area contributed by atoms with Gasteiger partial charge in [-0.1, -0.05) is 35.5 Å². The first kappa shape index (κ1) is 26.1. The highest BCUT2D eigenvalue weighted by molar-refractivity contribution is 8.01. The number of rotatable bonds is 8. The number of fused-ring (bicyclic) bond motifs is 1. The van der Waals surface area contributed by atoms with Crippen LogP contribution in [0.1, 0.15) is 26.3 Å². The maximum absolute atomic E-state index is 12.8. The Bertz CT molecular complexity index is 1570. The number of anilines is 2. The summed E-state index contributed by atoms with van der Waals surface area (Å²) in [5.74, 6) is -2.46. The number of aromatic carboxylic acids is 1. The van der Waals surface area contributed by atoms with E-state index in [4.69, 9.17) is 11.6 Å². The fourth-order valence-corrected chi connectivity index (χ4v) is 5.49. The highest BCUT2D eigenvalue weighted by atomic mass is 35.5. The van der Waals surface area contributed by atoms with Crippen LogP contribution in [0.5, 0.6) is 0 Å². The molecule has 1 heterocycles. The number of nitrogens with one attached hydrogen (secondary N) is 2. The second-order valence-electron chi connectivity index (χ2n) is 7.63. The van der Waals surface area contributed by atoms with Crippen molar-refractivity contribution in [3.05, 3.63) is 86.4 Å². The molecule has 0 aliphatic carbocycles. The average molecular weight is 557 g/mol. The predicted molar refractivity (Wildman–Crippen MR) is 143 cm³/mol. The fraction of sp³-hybridized carbons (Fsp3) is 0.0833. The van der Waals surface area contributed by atoms with Gasteiger partial charge in [-0.25, -0.2) is 9.78 Å². The molecule has 0 saturated heterocycles. The monoisotopic (exact) mass is 556 g/mol. The van der Waals surface area contributed by atoms with Gasteiger partial charge in [0.15, 0.2) is 4.34 Å². The smallest absolute Gasteiger partial charge is 0.343 e. The van der Waals surface area contributed by atoms with Crippen LogP contribution >= 0.6 is 34.7 Å². The number of aromatic nitrogens is 1. The Kier molecular flexibility index (Phi) is 7.71. The van der Waals surface area contributed by atoms with Crippen molar-refractivity contribution in [3.8, 4) is 0 Å². The number of thiazole rings is 1. The molecule has 0 fully saturated rings. The summed E-state index contributed by atoms with van der Waals surface area (Å²) < 4.78 is 1.37. The first-order chi connectivity index (χ1) is 17.6.